The molecule has 0 spiro atoms. The van der Waals surface area contributed by atoms with Gasteiger partial charge in [0.25, 0.3) is 0 Å². The van der Waals surface area contributed by atoms with Crippen molar-refractivity contribution in [3.63, 3.8) is 0 Å². The van der Waals surface area contributed by atoms with Gasteiger partial charge in [0.2, 0.25) is 0 Å². The zero-order valence-electron chi connectivity index (χ0n) is 8.20. The molecule has 0 fully saturated rings. The highest BCUT2D eigenvalue weighted by Gasteiger charge is 2.09. The van der Waals surface area contributed by atoms with Gasteiger partial charge in [-0.1, -0.05) is 18.2 Å². The van der Waals surface area contributed by atoms with E-state index in [9.17, 15) is 4.21 Å². The van der Waals surface area contributed by atoms with Crippen molar-refractivity contribution < 1.29 is 4.21 Å². The lowest BCUT2D eigenvalue weighted by atomic mass is 10.1. The average Bonchev–Trinajstić information content (AvgIpc) is 2.16. The van der Waals surface area contributed by atoms with Crippen molar-refractivity contribution in [3.8, 4) is 0 Å². The van der Waals surface area contributed by atoms with Gasteiger partial charge in [0.1, 0.15) is 0 Å². The van der Waals surface area contributed by atoms with Crippen LogP contribution >= 0.6 is 0 Å². The van der Waals surface area contributed by atoms with Crippen molar-refractivity contribution in [3.05, 3.63) is 29.8 Å². The summed E-state index contributed by atoms with van der Waals surface area (Å²) in [6, 6.07) is 8.07. The molecule has 2 atom stereocenters. The molecule has 0 heterocycles. The molecule has 0 saturated heterocycles. The Morgan fingerprint density at radius 2 is 2.00 bits per heavy atom. The monoisotopic (exact) mass is 197 g/mol. The van der Waals surface area contributed by atoms with Crippen molar-refractivity contribution in [2.75, 3.05) is 13.3 Å². The summed E-state index contributed by atoms with van der Waals surface area (Å²) >= 11 is 0. The molecule has 0 aliphatic rings. The van der Waals surface area contributed by atoms with Gasteiger partial charge in [0.15, 0.2) is 0 Å². The SMILES string of the molecule is CN[C@@H](C)c1ccccc1S(C)=O. The van der Waals surface area contributed by atoms with Crippen molar-refractivity contribution in [2.24, 2.45) is 0 Å². The van der Waals surface area contributed by atoms with Crippen molar-refractivity contribution in [1.82, 2.24) is 5.32 Å². The van der Waals surface area contributed by atoms with Gasteiger partial charge in [-0.15, -0.1) is 0 Å². The summed E-state index contributed by atoms with van der Waals surface area (Å²) in [5.74, 6) is 0. The minimum atomic E-state index is -0.903. The smallest absolute Gasteiger partial charge is 0.0501 e. The largest absolute Gasteiger partial charge is 0.313 e. The summed E-state index contributed by atoms with van der Waals surface area (Å²) in [5.41, 5.74) is 1.12. The van der Waals surface area contributed by atoms with Gasteiger partial charge in [-0.3, -0.25) is 4.21 Å². The highest BCUT2D eigenvalue weighted by molar-refractivity contribution is 7.84. The first kappa shape index (κ1) is 10.4. The molecule has 0 amide bonds. The van der Waals surface area contributed by atoms with Crippen LogP contribution in [0.3, 0.4) is 0 Å². The second-order valence-electron chi connectivity index (χ2n) is 3.00. The summed E-state index contributed by atoms with van der Waals surface area (Å²) in [5, 5.41) is 3.14. The van der Waals surface area contributed by atoms with Crippen LogP contribution in [0.15, 0.2) is 29.2 Å². The molecule has 0 radical (unpaired) electrons. The van der Waals surface area contributed by atoms with Gasteiger partial charge in [0.05, 0.1) is 10.8 Å². The van der Waals surface area contributed by atoms with Crippen LogP contribution in [0.5, 0.6) is 0 Å². The molecular formula is C10H15NOS. The Labute approximate surface area is 81.8 Å². The Morgan fingerprint density at radius 3 is 2.54 bits per heavy atom. The fourth-order valence-electron chi connectivity index (χ4n) is 1.26. The Kier molecular flexibility index (Phi) is 3.63. The van der Waals surface area contributed by atoms with E-state index in [1.54, 1.807) is 6.26 Å². The van der Waals surface area contributed by atoms with Gasteiger partial charge >= 0.3 is 0 Å². The maximum atomic E-state index is 11.4. The summed E-state index contributed by atoms with van der Waals surface area (Å²) in [6.45, 7) is 2.06. The number of hydrogen-bond acceptors (Lipinski definition) is 2. The van der Waals surface area contributed by atoms with E-state index < -0.39 is 10.8 Å². The molecule has 1 rings (SSSR count). The third-order valence-electron chi connectivity index (χ3n) is 2.13. The summed E-state index contributed by atoms with van der Waals surface area (Å²) < 4.78 is 11.4. The van der Waals surface area contributed by atoms with Gasteiger partial charge in [-0.25, -0.2) is 0 Å². The molecule has 0 bridgehead atoms. The number of nitrogens with one attached hydrogen (secondary N) is 1. The number of hydrogen-bond donors (Lipinski definition) is 1. The van der Waals surface area contributed by atoms with Crippen LogP contribution in [0.4, 0.5) is 0 Å². The molecule has 13 heavy (non-hydrogen) atoms. The predicted molar refractivity (Wildman–Crippen MR) is 56.2 cm³/mol. The van der Waals surface area contributed by atoms with Crippen LogP contribution < -0.4 is 5.32 Å². The lowest BCUT2D eigenvalue weighted by Crippen LogP contribution is -2.14. The first-order chi connectivity index (χ1) is 6.16. The van der Waals surface area contributed by atoms with E-state index in [0.29, 0.717) is 0 Å². The third-order valence-corrected chi connectivity index (χ3v) is 3.12. The van der Waals surface area contributed by atoms with Gasteiger partial charge in [-0.2, -0.15) is 0 Å². The quantitative estimate of drug-likeness (QED) is 0.799. The van der Waals surface area contributed by atoms with Crippen LogP contribution in [-0.4, -0.2) is 17.5 Å². The molecule has 0 aliphatic heterocycles. The van der Waals surface area contributed by atoms with Crippen LogP contribution in [0.2, 0.25) is 0 Å². The fourth-order valence-corrected chi connectivity index (χ4v) is 2.10. The molecule has 72 valence electrons. The predicted octanol–water partition coefficient (Wildman–Crippen LogP) is 1.70. The minimum Gasteiger partial charge on any atom is -0.313 e. The molecule has 2 nitrogen and oxygen atoms in total. The van der Waals surface area contributed by atoms with Gasteiger partial charge < -0.3 is 5.32 Å². The molecule has 0 aliphatic carbocycles. The van der Waals surface area contributed by atoms with Gasteiger partial charge in [-0.05, 0) is 25.6 Å². The van der Waals surface area contributed by atoms with Crippen molar-refractivity contribution in [1.29, 1.82) is 0 Å². The van der Waals surface area contributed by atoms with E-state index in [4.69, 9.17) is 0 Å². The highest BCUT2D eigenvalue weighted by atomic mass is 32.2. The number of benzene rings is 1. The van der Waals surface area contributed by atoms with E-state index in [2.05, 4.69) is 12.2 Å². The van der Waals surface area contributed by atoms with E-state index >= 15 is 0 Å². The van der Waals surface area contributed by atoms with Crippen LogP contribution in [-0.2, 0) is 10.8 Å². The topological polar surface area (TPSA) is 29.1 Å². The zero-order chi connectivity index (χ0) is 9.84. The standard InChI is InChI=1S/C10H15NOS/c1-8(11-2)9-6-4-5-7-10(9)13(3)12/h4-8,11H,1-3H3/t8-,13?/m0/s1. The van der Waals surface area contributed by atoms with E-state index in [0.717, 1.165) is 10.5 Å². The lowest BCUT2D eigenvalue weighted by molar-refractivity contribution is 0.636. The Bertz CT molecular complexity index is 312. The molecule has 3 heteroatoms. The van der Waals surface area contributed by atoms with Crippen molar-refractivity contribution in [2.45, 2.75) is 17.9 Å². The Balaban J connectivity index is 3.11. The summed E-state index contributed by atoms with van der Waals surface area (Å²) in [7, 11) is 1.00. The number of rotatable bonds is 3. The van der Waals surface area contributed by atoms with Crippen molar-refractivity contribution >= 4 is 10.8 Å². The third kappa shape index (κ3) is 2.39. The molecule has 1 unspecified atom stereocenters. The molecule has 1 aromatic carbocycles. The Morgan fingerprint density at radius 1 is 1.38 bits per heavy atom. The van der Waals surface area contributed by atoms with Gasteiger partial charge in [0, 0.05) is 17.2 Å². The molecule has 0 saturated carbocycles. The van der Waals surface area contributed by atoms with E-state index in [-0.39, 0.29) is 6.04 Å². The van der Waals surface area contributed by atoms with Crippen LogP contribution in [0, 0.1) is 0 Å². The molecular weight excluding hydrogens is 182 g/mol. The van der Waals surface area contributed by atoms with E-state index in [1.165, 1.54) is 0 Å². The highest BCUT2D eigenvalue weighted by Crippen LogP contribution is 2.19. The lowest BCUT2D eigenvalue weighted by Gasteiger charge is -2.13. The molecule has 0 aromatic heterocycles. The first-order valence-corrected chi connectivity index (χ1v) is 5.82. The molecule has 1 N–H and O–H groups in total. The Hall–Kier alpha value is -0.670. The first-order valence-electron chi connectivity index (χ1n) is 4.26. The maximum absolute atomic E-state index is 11.4. The summed E-state index contributed by atoms with van der Waals surface area (Å²) in [4.78, 5) is 0.921. The van der Waals surface area contributed by atoms with Crippen LogP contribution in [0.1, 0.15) is 18.5 Å². The second-order valence-corrected chi connectivity index (χ2v) is 4.35. The minimum absolute atomic E-state index is 0.250. The normalized spacial score (nSPS) is 15.3. The maximum Gasteiger partial charge on any atom is 0.0501 e. The second kappa shape index (κ2) is 4.53. The van der Waals surface area contributed by atoms with Crippen LogP contribution in [0.25, 0.3) is 0 Å². The zero-order valence-corrected chi connectivity index (χ0v) is 9.02. The summed E-state index contributed by atoms with van der Waals surface area (Å²) in [6.07, 6.45) is 1.71. The van der Waals surface area contributed by atoms with E-state index in [1.807, 2.05) is 31.3 Å². The molecule has 1 aromatic rings. The fraction of sp³-hybridized carbons (Fsp3) is 0.400. The average molecular weight is 197 g/mol.